The van der Waals surface area contributed by atoms with Crippen molar-refractivity contribution in [3.05, 3.63) is 29.8 Å². The number of nitrogens with one attached hydrogen (secondary N) is 2. The molecule has 1 saturated heterocycles. The minimum Gasteiger partial charge on any atom is -0.469 e. The van der Waals surface area contributed by atoms with Gasteiger partial charge in [-0.1, -0.05) is 18.2 Å². The smallest absolute Gasteiger partial charge is 0.469 e. The molecule has 43 heavy (non-hydrogen) atoms. The molecular weight excluding hydrogens is 588 g/mol. The zero-order chi connectivity index (χ0) is 32.5. The van der Waals surface area contributed by atoms with Crippen LogP contribution in [0.15, 0.2) is 24.3 Å². The molecule has 2 aliphatic rings. The average molecular weight is 627 g/mol. The lowest BCUT2D eigenvalue weighted by Crippen LogP contribution is -2.63. The molecule has 1 aromatic carbocycles. The van der Waals surface area contributed by atoms with Gasteiger partial charge in [-0.05, 0) is 53.2 Å². The highest BCUT2D eigenvalue weighted by atomic mass is 32.2. The maximum atomic E-state index is 13.8. The summed E-state index contributed by atoms with van der Waals surface area (Å²) in [5.74, 6) is -6.03. The van der Waals surface area contributed by atoms with Gasteiger partial charge in [-0.25, -0.2) is 22.8 Å². The molecule has 1 aliphatic heterocycles. The van der Waals surface area contributed by atoms with Crippen LogP contribution in [-0.4, -0.2) is 86.5 Å². The van der Waals surface area contributed by atoms with E-state index in [9.17, 15) is 32.4 Å². The highest BCUT2D eigenvalue weighted by molar-refractivity contribution is 7.92. The molecule has 0 aromatic heterocycles. The molecule has 0 unspecified atom stereocenters. The van der Waals surface area contributed by atoms with E-state index >= 15 is 0 Å². The number of ether oxygens (including phenoxy) is 5. The van der Waals surface area contributed by atoms with Gasteiger partial charge in [-0.15, -0.1) is 0 Å². The summed E-state index contributed by atoms with van der Waals surface area (Å²) in [5.41, 5.74) is -3.63. The van der Waals surface area contributed by atoms with Gasteiger partial charge in [0.1, 0.15) is 23.0 Å². The number of sulfone groups is 1. The van der Waals surface area contributed by atoms with Crippen molar-refractivity contribution in [1.82, 2.24) is 10.6 Å². The number of amides is 2. The molecule has 2 amide bonds. The lowest BCUT2D eigenvalue weighted by molar-refractivity contribution is -0.152. The van der Waals surface area contributed by atoms with Crippen LogP contribution in [0.25, 0.3) is 0 Å². The second kappa shape index (κ2) is 12.0. The zero-order valence-electron chi connectivity index (χ0n) is 25.3. The van der Waals surface area contributed by atoms with E-state index in [0.29, 0.717) is 0 Å². The number of fused-ring (bicyclic) bond motifs is 1. The monoisotopic (exact) mass is 626 g/mol. The van der Waals surface area contributed by atoms with Crippen molar-refractivity contribution in [2.45, 2.75) is 76.0 Å². The Morgan fingerprint density at radius 1 is 0.953 bits per heavy atom. The van der Waals surface area contributed by atoms with Crippen LogP contribution in [-0.2, 0) is 49.6 Å². The molecule has 1 aromatic rings. The normalized spacial score (nSPS) is 24.4. The first-order valence-corrected chi connectivity index (χ1v) is 15.1. The van der Waals surface area contributed by atoms with Crippen molar-refractivity contribution in [3.63, 3.8) is 0 Å². The average Bonchev–Trinajstić information content (AvgIpc) is 3.58. The number of methoxy groups -OCH3 is 2. The second-order valence-corrected chi connectivity index (χ2v) is 14.5. The first-order chi connectivity index (χ1) is 19.7. The first-order valence-electron chi connectivity index (χ1n) is 13.4. The number of hydrogen-bond acceptors (Lipinski definition) is 12. The number of alkyl carbamates (subject to hydrolysis) is 1. The largest absolute Gasteiger partial charge is 0.514 e. The van der Waals surface area contributed by atoms with Crippen LogP contribution in [0.1, 0.15) is 47.1 Å². The molecule has 0 spiro atoms. The van der Waals surface area contributed by atoms with Gasteiger partial charge in [0.05, 0.1) is 31.1 Å². The van der Waals surface area contributed by atoms with E-state index in [1.807, 2.05) is 0 Å². The molecule has 5 atom stereocenters. The van der Waals surface area contributed by atoms with E-state index in [0.717, 1.165) is 14.2 Å². The summed E-state index contributed by atoms with van der Waals surface area (Å²) in [6.45, 7) is 9.80. The Hall–Kier alpha value is -3.88. The van der Waals surface area contributed by atoms with E-state index in [2.05, 4.69) is 10.6 Å². The molecule has 1 heterocycles. The number of carbonyl (C=O) groups is 5. The molecule has 14 nitrogen and oxygen atoms in total. The minimum atomic E-state index is -4.03. The van der Waals surface area contributed by atoms with Crippen LogP contribution in [0.3, 0.4) is 0 Å². The van der Waals surface area contributed by atoms with Crippen molar-refractivity contribution in [3.8, 4) is 5.75 Å². The quantitative estimate of drug-likeness (QED) is 0.242. The fourth-order valence-electron chi connectivity index (χ4n) is 5.11. The third kappa shape index (κ3) is 7.75. The van der Waals surface area contributed by atoms with Crippen LogP contribution < -0.4 is 15.4 Å². The number of benzene rings is 1. The highest BCUT2D eigenvalue weighted by Gasteiger charge is 2.79. The SMILES string of the molecule is COC(=O)[C@@H]1[C@@H]2[C@H]1S(=O)(=O)C[C@@]2(NC(=O)[C@H](Cc1ccccc1OC(=O)OC(C)(C)C)NC(=O)OC(C)(C)C)C(=O)OC. The third-order valence-corrected chi connectivity index (χ3v) is 9.00. The number of carbonyl (C=O) groups excluding carboxylic acids is 5. The predicted octanol–water partition coefficient (Wildman–Crippen LogP) is 1.68. The van der Waals surface area contributed by atoms with E-state index in [1.54, 1.807) is 53.7 Å². The molecule has 3 rings (SSSR count). The number of esters is 2. The van der Waals surface area contributed by atoms with Crippen molar-refractivity contribution < 1.29 is 56.1 Å². The fourth-order valence-corrected chi connectivity index (χ4v) is 7.80. The summed E-state index contributed by atoms with van der Waals surface area (Å²) >= 11 is 0. The number of para-hydroxylation sites is 1. The molecule has 2 N–H and O–H groups in total. The van der Waals surface area contributed by atoms with Crippen molar-refractivity contribution in [2.24, 2.45) is 11.8 Å². The maximum Gasteiger partial charge on any atom is 0.514 e. The number of hydrogen-bond donors (Lipinski definition) is 2. The molecule has 1 saturated carbocycles. The minimum absolute atomic E-state index is 0.0275. The van der Waals surface area contributed by atoms with Gasteiger partial charge < -0.3 is 34.3 Å². The van der Waals surface area contributed by atoms with Gasteiger partial charge in [0.15, 0.2) is 15.4 Å². The molecule has 0 bridgehead atoms. The van der Waals surface area contributed by atoms with Gasteiger partial charge in [-0.2, -0.15) is 0 Å². The molecule has 0 radical (unpaired) electrons. The van der Waals surface area contributed by atoms with Crippen LogP contribution in [0.5, 0.6) is 5.75 Å². The zero-order valence-corrected chi connectivity index (χ0v) is 26.2. The highest BCUT2D eigenvalue weighted by Crippen LogP contribution is 2.58. The molecule has 15 heteroatoms. The lowest BCUT2D eigenvalue weighted by Gasteiger charge is -2.31. The van der Waals surface area contributed by atoms with E-state index in [-0.39, 0.29) is 17.7 Å². The van der Waals surface area contributed by atoms with Gasteiger partial charge in [-0.3, -0.25) is 9.59 Å². The van der Waals surface area contributed by atoms with Crippen molar-refractivity contribution >= 4 is 39.9 Å². The summed E-state index contributed by atoms with van der Waals surface area (Å²) in [6, 6.07) is 4.70. The van der Waals surface area contributed by atoms with E-state index in [4.69, 9.17) is 23.7 Å². The Bertz CT molecular complexity index is 1390. The lowest BCUT2D eigenvalue weighted by atomic mass is 9.92. The Labute approximate surface area is 250 Å². The predicted molar refractivity (Wildman–Crippen MR) is 150 cm³/mol. The van der Waals surface area contributed by atoms with Crippen LogP contribution >= 0.6 is 0 Å². The Morgan fingerprint density at radius 3 is 2.12 bits per heavy atom. The maximum absolute atomic E-state index is 13.8. The summed E-state index contributed by atoms with van der Waals surface area (Å²) < 4.78 is 51.4. The Kier molecular flexibility index (Phi) is 9.39. The molecular formula is C28H38N2O12S. The van der Waals surface area contributed by atoms with Gasteiger partial charge in [0.25, 0.3) is 0 Å². The molecule has 2 fully saturated rings. The van der Waals surface area contributed by atoms with Crippen molar-refractivity contribution in [2.75, 3.05) is 20.0 Å². The first kappa shape index (κ1) is 33.6. The Morgan fingerprint density at radius 2 is 1.56 bits per heavy atom. The van der Waals surface area contributed by atoms with Crippen LogP contribution in [0, 0.1) is 11.8 Å². The fraction of sp³-hybridized carbons (Fsp3) is 0.607. The number of rotatable bonds is 8. The van der Waals surface area contributed by atoms with Crippen molar-refractivity contribution in [1.29, 1.82) is 0 Å². The summed E-state index contributed by atoms with van der Waals surface area (Å²) in [5, 5.41) is 3.67. The van der Waals surface area contributed by atoms with Gasteiger partial charge in [0.2, 0.25) is 5.91 Å². The molecule has 1 aliphatic carbocycles. The van der Waals surface area contributed by atoms with Gasteiger partial charge in [0, 0.05) is 12.3 Å². The van der Waals surface area contributed by atoms with E-state index in [1.165, 1.54) is 12.1 Å². The van der Waals surface area contributed by atoms with Crippen LogP contribution in [0.2, 0.25) is 0 Å². The Balaban J connectivity index is 1.97. The summed E-state index contributed by atoms with van der Waals surface area (Å²) in [4.78, 5) is 64.4. The second-order valence-electron chi connectivity index (χ2n) is 12.4. The molecule has 238 valence electrons. The van der Waals surface area contributed by atoms with E-state index < -0.39 is 85.6 Å². The van der Waals surface area contributed by atoms with Gasteiger partial charge >= 0.3 is 24.2 Å². The topological polar surface area (TPSA) is 190 Å². The van der Waals surface area contributed by atoms with Crippen LogP contribution in [0.4, 0.5) is 9.59 Å². The summed E-state index contributed by atoms with van der Waals surface area (Å²) in [7, 11) is -1.93. The summed E-state index contributed by atoms with van der Waals surface area (Å²) in [6.07, 6.45) is -2.28. The standard InChI is InChI=1S/C28H38N2O12S/c1-26(2,3)41-24(34)29-16(13-15-11-9-10-12-17(15)40-25(35)42-27(4,5)6)21(31)30-28(23(33)39-8)14-43(36,37)20-18(19(20)28)22(32)38-7/h9-12,16,18-20H,13-14H2,1-8H3,(H,29,34)(H,30,31)/t16-,18+,19+,20-,28-/m0/s1. The third-order valence-electron chi connectivity index (χ3n) is 6.72.